The van der Waals surface area contributed by atoms with Crippen LogP contribution in [-0.4, -0.2) is 23.2 Å². The second-order valence-corrected chi connectivity index (χ2v) is 4.04. The number of rotatable bonds is 2. The van der Waals surface area contributed by atoms with Gasteiger partial charge < -0.3 is 16.2 Å². The second-order valence-electron chi connectivity index (χ2n) is 4.04. The molecule has 1 saturated carbocycles. The molecule has 0 heterocycles. The Morgan fingerprint density at radius 1 is 1.41 bits per heavy atom. The Morgan fingerprint density at radius 2 is 2.12 bits per heavy atom. The number of guanidine groups is 1. The second kappa shape index (κ2) is 4.67. The van der Waals surface area contributed by atoms with E-state index in [1.165, 1.54) is 0 Å². The van der Waals surface area contributed by atoms with Crippen molar-refractivity contribution in [2.24, 2.45) is 10.7 Å². The van der Waals surface area contributed by atoms with Gasteiger partial charge in [0.25, 0.3) is 0 Å². The molecule has 0 saturated heterocycles. The zero-order valence-electron chi connectivity index (χ0n) is 9.03. The number of aliphatic hydroxyl groups excluding tert-OH is 1. The Labute approximate surface area is 97.2 Å². The van der Waals surface area contributed by atoms with Crippen molar-refractivity contribution < 1.29 is 13.9 Å². The summed E-state index contributed by atoms with van der Waals surface area (Å²) >= 11 is 0. The predicted molar refractivity (Wildman–Crippen MR) is 60.6 cm³/mol. The quantitative estimate of drug-likeness (QED) is 0.538. The molecule has 6 heteroatoms. The summed E-state index contributed by atoms with van der Waals surface area (Å²) in [7, 11) is 0. The number of nitrogens with one attached hydrogen (secondary N) is 1. The van der Waals surface area contributed by atoms with Crippen molar-refractivity contribution in [3.63, 3.8) is 0 Å². The fraction of sp³-hybridized carbons (Fsp3) is 0.364. The summed E-state index contributed by atoms with van der Waals surface area (Å²) in [5.41, 5.74) is 5.50. The number of nitrogens with two attached hydrogens (primary N) is 1. The number of aliphatic hydroxyl groups is 1. The minimum atomic E-state index is -0.599. The molecule has 1 aromatic carbocycles. The summed E-state index contributed by atoms with van der Waals surface area (Å²) in [6.45, 7) is 0. The predicted octanol–water partition coefficient (Wildman–Crippen LogP) is 1.21. The summed E-state index contributed by atoms with van der Waals surface area (Å²) in [6.07, 6.45) is 0.768. The number of hydrogen-bond acceptors (Lipinski definition) is 2. The Hall–Kier alpha value is -1.69. The Kier molecular flexibility index (Phi) is 3.23. The fourth-order valence-electron chi connectivity index (χ4n) is 1.62. The van der Waals surface area contributed by atoms with Crippen LogP contribution >= 0.6 is 0 Å². The maximum Gasteiger partial charge on any atom is 0.193 e. The van der Waals surface area contributed by atoms with Crippen molar-refractivity contribution in [1.82, 2.24) is 0 Å². The first-order valence-corrected chi connectivity index (χ1v) is 5.28. The monoisotopic (exact) mass is 241 g/mol. The molecule has 4 N–H and O–H groups in total. The van der Waals surface area contributed by atoms with E-state index in [0.29, 0.717) is 12.8 Å². The maximum absolute atomic E-state index is 13.2. The third-order valence-corrected chi connectivity index (χ3v) is 2.60. The molecule has 1 fully saturated rings. The molecule has 2 rings (SSSR count). The fourth-order valence-corrected chi connectivity index (χ4v) is 1.62. The van der Waals surface area contributed by atoms with Crippen molar-refractivity contribution in [1.29, 1.82) is 0 Å². The molecule has 92 valence electrons. The summed E-state index contributed by atoms with van der Waals surface area (Å²) in [4.78, 5) is 4.03. The summed E-state index contributed by atoms with van der Waals surface area (Å²) in [5.74, 6) is -1.13. The summed E-state index contributed by atoms with van der Waals surface area (Å²) in [5, 5.41) is 11.6. The molecule has 4 nitrogen and oxygen atoms in total. The third kappa shape index (κ3) is 2.91. The van der Waals surface area contributed by atoms with Crippen LogP contribution in [0, 0.1) is 11.6 Å². The van der Waals surface area contributed by atoms with E-state index in [1.807, 2.05) is 0 Å². The van der Waals surface area contributed by atoms with Crippen molar-refractivity contribution >= 4 is 11.6 Å². The van der Waals surface area contributed by atoms with Crippen LogP contribution in [0.4, 0.5) is 14.5 Å². The van der Waals surface area contributed by atoms with Crippen molar-refractivity contribution in [3.8, 4) is 0 Å². The lowest BCUT2D eigenvalue weighted by Gasteiger charge is -2.28. The van der Waals surface area contributed by atoms with E-state index in [1.54, 1.807) is 0 Å². The van der Waals surface area contributed by atoms with Gasteiger partial charge in [0.2, 0.25) is 0 Å². The van der Waals surface area contributed by atoms with Crippen LogP contribution in [0.3, 0.4) is 0 Å². The summed E-state index contributed by atoms with van der Waals surface area (Å²) < 4.78 is 26.1. The van der Waals surface area contributed by atoms with Crippen LogP contribution in [0.2, 0.25) is 0 Å². The lowest BCUT2D eigenvalue weighted by atomic mass is 9.90. The van der Waals surface area contributed by atoms with E-state index >= 15 is 0 Å². The van der Waals surface area contributed by atoms with Gasteiger partial charge in [0.15, 0.2) is 5.96 Å². The van der Waals surface area contributed by atoms with Crippen LogP contribution in [0.15, 0.2) is 23.2 Å². The number of benzene rings is 1. The number of anilines is 1. The minimum Gasteiger partial charge on any atom is -0.393 e. The average Bonchev–Trinajstić information content (AvgIpc) is 2.21. The van der Waals surface area contributed by atoms with Gasteiger partial charge in [0.05, 0.1) is 17.8 Å². The van der Waals surface area contributed by atoms with Crippen LogP contribution in [-0.2, 0) is 0 Å². The molecule has 0 unspecified atom stereocenters. The molecule has 1 aromatic rings. The van der Waals surface area contributed by atoms with Gasteiger partial charge in [0, 0.05) is 6.07 Å². The van der Waals surface area contributed by atoms with Crippen LogP contribution in [0.1, 0.15) is 12.8 Å². The molecule has 0 amide bonds. The molecular weight excluding hydrogens is 228 g/mol. The molecule has 1 aliphatic carbocycles. The first kappa shape index (κ1) is 11.8. The molecule has 0 aliphatic heterocycles. The molecule has 0 bridgehead atoms. The number of nitrogens with zero attached hydrogens (tertiary/aromatic N) is 1. The highest BCUT2D eigenvalue weighted by atomic mass is 19.1. The number of aliphatic imine (C=N–C) groups is 1. The highest BCUT2D eigenvalue weighted by Crippen LogP contribution is 2.23. The van der Waals surface area contributed by atoms with Gasteiger partial charge in [0.1, 0.15) is 11.6 Å². The zero-order valence-corrected chi connectivity index (χ0v) is 9.03. The summed E-state index contributed by atoms with van der Waals surface area (Å²) in [6, 6.07) is 3.00. The number of halogens is 2. The topological polar surface area (TPSA) is 70.6 Å². The number of hydrogen-bond donors (Lipinski definition) is 3. The van der Waals surface area contributed by atoms with E-state index in [4.69, 9.17) is 10.8 Å². The highest BCUT2D eigenvalue weighted by Gasteiger charge is 2.26. The smallest absolute Gasteiger partial charge is 0.193 e. The Bertz CT molecular complexity index is 444. The van der Waals surface area contributed by atoms with Gasteiger partial charge in [-0.25, -0.2) is 13.8 Å². The standard InChI is InChI=1S/C11H13F2N3O/c12-6-1-2-9(13)10(3-6)16-11(14)15-7-4-8(17)5-7/h1-3,7-8,17H,4-5H2,(H3,14,15,16). The molecule has 0 aromatic heterocycles. The molecule has 0 atom stereocenters. The molecule has 1 aliphatic rings. The van der Waals surface area contributed by atoms with Crippen molar-refractivity contribution in [2.75, 3.05) is 5.32 Å². The lowest BCUT2D eigenvalue weighted by molar-refractivity contribution is 0.0778. The SMILES string of the molecule is NC(=NC1CC(O)C1)Nc1cc(F)ccc1F. The Morgan fingerprint density at radius 3 is 2.76 bits per heavy atom. The van der Waals surface area contributed by atoms with Crippen molar-refractivity contribution in [2.45, 2.75) is 25.0 Å². The minimum absolute atomic E-state index is 0.0198. The van der Waals surface area contributed by atoms with E-state index in [-0.39, 0.29) is 23.8 Å². The molecular formula is C11H13F2N3O. The molecule has 17 heavy (non-hydrogen) atoms. The van der Waals surface area contributed by atoms with Crippen molar-refractivity contribution in [3.05, 3.63) is 29.8 Å². The van der Waals surface area contributed by atoms with Crippen LogP contribution < -0.4 is 11.1 Å². The largest absolute Gasteiger partial charge is 0.393 e. The normalized spacial score (nSPS) is 24.3. The van der Waals surface area contributed by atoms with Gasteiger partial charge in [-0.1, -0.05) is 0 Å². The van der Waals surface area contributed by atoms with E-state index in [2.05, 4.69) is 10.3 Å². The van der Waals surface area contributed by atoms with E-state index < -0.39 is 11.6 Å². The van der Waals surface area contributed by atoms with Gasteiger partial charge in [-0.15, -0.1) is 0 Å². The van der Waals surface area contributed by atoms with E-state index in [9.17, 15) is 8.78 Å². The molecule has 0 spiro atoms. The third-order valence-electron chi connectivity index (χ3n) is 2.60. The van der Waals surface area contributed by atoms with Crippen LogP contribution in [0.25, 0.3) is 0 Å². The average molecular weight is 241 g/mol. The maximum atomic E-state index is 13.2. The van der Waals surface area contributed by atoms with Crippen LogP contribution in [0.5, 0.6) is 0 Å². The first-order chi connectivity index (χ1) is 8.04. The van der Waals surface area contributed by atoms with E-state index in [0.717, 1.165) is 18.2 Å². The van der Waals surface area contributed by atoms with Gasteiger partial charge >= 0.3 is 0 Å². The first-order valence-electron chi connectivity index (χ1n) is 5.28. The zero-order chi connectivity index (χ0) is 12.4. The molecule has 0 radical (unpaired) electrons. The lowest BCUT2D eigenvalue weighted by Crippen LogP contribution is -2.35. The Balaban J connectivity index is 2.02. The highest BCUT2D eigenvalue weighted by molar-refractivity contribution is 5.92. The van der Waals surface area contributed by atoms with Gasteiger partial charge in [-0.2, -0.15) is 0 Å². The van der Waals surface area contributed by atoms with Gasteiger partial charge in [-0.05, 0) is 25.0 Å². The van der Waals surface area contributed by atoms with Gasteiger partial charge in [-0.3, -0.25) is 0 Å².